The quantitative estimate of drug-likeness (QED) is 0.748. The smallest absolute Gasteiger partial charge is 0.265 e. The second-order valence-electron chi connectivity index (χ2n) is 6.76. The molecule has 3 aromatic carbocycles. The predicted octanol–water partition coefficient (Wildman–Crippen LogP) is 4.17. The summed E-state index contributed by atoms with van der Waals surface area (Å²) in [7, 11) is 0. The van der Waals surface area contributed by atoms with Gasteiger partial charge in [-0.15, -0.1) is 0 Å². The molecule has 5 nitrogen and oxygen atoms in total. The van der Waals surface area contributed by atoms with Crippen LogP contribution in [0.4, 0.5) is 11.4 Å². The zero-order valence-electron chi connectivity index (χ0n) is 15.5. The van der Waals surface area contributed by atoms with Gasteiger partial charge in [-0.25, -0.2) is 0 Å². The average Bonchev–Trinajstić information content (AvgIpc) is 2.72. The molecule has 4 rings (SSSR count). The van der Waals surface area contributed by atoms with E-state index in [1.807, 2.05) is 73.7 Å². The fourth-order valence-electron chi connectivity index (χ4n) is 3.16. The molecule has 3 aromatic rings. The summed E-state index contributed by atoms with van der Waals surface area (Å²) >= 11 is 0. The van der Waals surface area contributed by atoms with Crippen LogP contribution in [0.25, 0.3) is 0 Å². The lowest BCUT2D eigenvalue weighted by atomic mass is 10.1. The molecule has 0 fully saturated rings. The van der Waals surface area contributed by atoms with Gasteiger partial charge in [0.2, 0.25) is 0 Å². The molecule has 2 amide bonds. The largest absolute Gasteiger partial charge is 0.482 e. The van der Waals surface area contributed by atoms with E-state index in [1.165, 1.54) is 0 Å². The van der Waals surface area contributed by atoms with Gasteiger partial charge >= 0.3 is 0 Å². The summed E-state index contributed by atoms with van der Waals surface area (Å²) in [4.78, 5) is 26.7. The number of benzene rings is 3. The SMILES string of the molecule is Cc1ccc(NC(=O)c2cccc(CN3C(=O)COc4ccccc43)c2)cc1. The molecule has 0 spiro atoms. The highest BCUT2D eigenvalue weighted by Gasteiger charge is 2.25. The lowest BCUT2D eigenvalue weighted by molar-refractivity contribution is -0.121. The van der Waals surface area contributed by atoms with Crippen molar-refractivity contribution in [2.45, 2.75) is 13.5 Å². The number of hydrogen-bond acceptors (Lipinski definition) is 3. The van der Waals surface area contributed by atoms with Crippen LogP contribution >= 0.6 is 0 Å². The van der Waals surface area contributed by atoms with Gasteiger partial charge < -0.3 is 15.0 Å². The number of fused-ring (bicyclic) bond motifs is 1. The van der Waals surface area contributed by atoms with Gasteiger partial charge in [-0.2, -0.15) is 0 Å². The summed E-state index contributed by atoms with van der Waals surface area (Å²) in [6.45, 7) is 2.40. The molecule has 1 aliphatic heterocycles. The number of aryl methyl sites for hydroxylation is 1. The van der Waals surface area contributed by atoms with E-state index in [9.17, 15) is 9.59 Å². The summed E-state index contributed by atoms with van der Waals surface area (Å²) in [5.74, 6) is 0.406. The Labute approximate surface area is 163 Å². The summed E-state index contributed by atoms with van der Waals surface area (Å²) in [5, 5.41) is 2.90. The van der Waals surface area contributed by atoms with E-state index >= 15 is 0 Å². The van der Waals surface area contributed by atoms with E-state index in [1.54, 1.807) is 11.0 Å². The molecule has 0 saturated carbocycles. The molecule has 0 radical (unpaired) electrons. The van der Waals surface area contributed by atoms with Crippen LogP contribution in [-0.4, -0.2) is 18.4 Å². The molecular formula is C23H20N2O3. The van der Waals surface area contributed by atoms with Crippen LogP contribution in [0.1, 0.15) is 21.5 Å². The van der Waals surface area contributed by atoms with Crippen molar-refractivity contribution in [1.29, 1.82) is 0 Å². The van der Waals surface area contributed by atoms with Gasteiger partial charge in [0.1, 0.15) is 5.75 Å². The zero-order valence-corrected chi connectivity index (χ0v) is 15.5. The van der Waals surface area contributed by atoms with Gasteiger partial charge in [0.15, 0.2) is 6.61 Å². The van der Waals surface area contributed by atoms with E-state index < -0.39 is 0 Å². The highest BCUT2D eigenvalue weighted by Crippen LogP contribution is 2.32. The number of hydrogen-bond donors (Lipinski definition) is 1. The van der Waals surface area contributed by atoms with Crippen LogP contribution in [0.2, 0.25) is 0 Å². The molecule has 0 aliphatic carbocycles. The van der Waals surface area contributed by atoms with Gasteiger partial charge in [-0.3, -0.25) is 9.59 Å². The van der Waals surface area contributed by atoms with Crippen molar-refractivity contribution in [3.05, 3.63) is 89.5 Å². The number of nitrogens with zero attached hydrogens (tertiary/aromatic N) is 1. The Morgan fingerprint density at radius 3 is 2.64 bits per heavy atom. The molecule has 0 saturated heterocycles. The molecule has 1 aliphatic rings. The minimum Gasteiger partial charge on any atom is -0.482 e. The summed E-state index contributed by atoms with van der Waals surface area (Å²) in [5.41, 5.74) is 4.05. The minimum atomic E-state index is -0.181. The predicted molar refractivity (Wildman–Crippen MR) is 109 cm³/mol. The van der Waals surface area contributed by atoms with E-state index in [2.05, 4.69) is 5.32 Å². The Bertz CT molecular complexity index is 1030. The van der Waals surface area contributed by atoms with Crippen molar-refractivity contribution in [3.63, 3.8) is 0 Å². The maximum Gasteiger partial charge on any atom is 0.265 e. The molecule has 1 N–H and O–H groups in total. The Hall–Kier alpha value is -3.60. The number of anilines is 2. The van der Waals surface area contributed by atoms with Crippen molar-refractivity contribution in [2.24, 2.45) is 0 Å². The van der Waals surface area contributed by atoms with Gasteiger partial charge in [-0.1, -0.05) is 42.0 Å². The molecule has 28 heavy (non-hydrogen) atoms. The molecule has 0 aromatic heterocycles. The number of carbonyl (C=O) groups excluding carboxylic acids is 2. The number of carbonyl (C=O) groups is 2. The monoisotopic (exact) mass is 372 g/mol. The highest BCUT2D eigenvalue weighted by molar-refractivity contribution is 6.04. The molecule has 1 heterocycles. The van der Waals surface area contributed by atoms with Crippen molar-refractivity contribution < 1.29 is 14.3 Å². The molecular weight excluding hydrogens is 352 g/mol. The highest BCUT2D eigenvalue weighted by atomic mass is 16.5. The topological polar surface area (TPSA) is 58.6 Å². The second-order valence-corrected chi connectivity index (χ2v) is 6.76. The second kappa shape index (κ2) is 7.56. The van der Waals surface area contributed by atoms with Crippen LogP contribution < -0.4 is 15.0 Å². The Morgan fingerprint density at radius 1 is 1.04 bits per heavy atom. The Balaban J connectivity index is 1.53. The average molecular weight is 372 g/mol. The van der Waals surface area contributed by atoms with E-state index in [0.717, 1.165) is 22.5 Å². The lowest BCUT2D eigenvalue weighted by Gasteiger charge is -2.29. The van der Waals surface area contributed by atoms with Crippen LogP contribution in [-0.2, 0) is 11.3 Å². The van der Waals surface area contributed by atoms with E-state index in [-0.39, 0.29) is 18.4 Å². The van der Waals surface area contributed by atoms with Gasteiger partial charge in [0.25, 0.3) is 11.8 Å². The third-order valence-electron chi connectivity index (χ3n) is 4.65. The number of ether oxygens (including phenoxy) is 1. The first-order valence-electron chi connectivity index (χ1n) is 9.09. The third-order valence-corrected chi connectivity index (χ3v) is 4.65. The normalized spacial score (nSPS) is 12.9. The van der Waals surface area contributed by atoms with Crippen molar-refractivity contribution >= 4 is 23.2 Å². The number of nitrogens with one attached hydrogen (secondary N) is 1. The summed E-state index contributed by atoms with van der Waals surface area (Å²) < 4.78 is 5.49. The Morgan fingerprint density at radius 2 is 1.82 bits per heavy atom. The van der Waals surface area contributed by atoms with Crippen molar-refractivity contribution in [3.8, 4) is 5.75 Å². The standard InChI is InChI=1S/C23H20N2O3/c1-16-9-11-19(12-10-16)24-23(27)18-6-4-5-17(13-18)14-25-20-7-2-3-8-21(20)28-15-22(25)26/h2-13H,14-15H2,1H3,(H,24,27). The summed E-state index contributed by atoms with van der Waals surface area (Å²) in [6.07, 6.45) is 0. The van der Waals surface area contributed by atoms with Crippen molar-refractivity contribution in [2.75, 3.05) is 16.8 Å². The maximum atomic E-state index is 12.6. The third kappa shape index (κ3) is 3.74. The number of para-hydroxylation sites is 2. The number of rotatable bonds is 4. The molecule has 0 bridgehead atoms. The fraction of sp³-hybridized carbons (Fsp3) is 0.130. The maximum absolute atomic E-state index is 12.6. The van der Waals surface area contributed by atoms with Crippen molar-refractivity contribution in [1.82, 2.24) is 0 Å². The first-order valence-corrected chi connectivity index (χ1v) is 9.09. The molecule has 5 heteroatoms. The van der Waals surface area contributed by atoms with E-state index in [4.69, 9.17) is 4.74 Å². The molecule has 140 valence electrons. The molecule has 0 unspecified atom stereocenters. The number of amides is 2. The van der Waals surface area contributed by atoms with Gasteiger partial charge in [0.05, 0.1) is 12.2 Å². The van der Waals surface area contributed by atoms with Crippen LogP contribution in [0.15, 0.2) is 72.8 Å². The zero-order chi connectivity index (χ0) is 19.5. The first kappa shape index (κ1) is 17.8. The van der Waals surface area contributed by atoms with E-state index in [0.29, 0.717) is 17.9 Å². The van der Waals surface area contributed by atoms with Crippen LogP contribution in [0.5, 0.6) is 5.75 Å². The first-order chi connectivity index (χ1) is 13.6. The van der Waals surface area contributed by atoms with Gasteiger partial charge in [0, 0.05) is 11.3 Å². The van der Waals surface area contributed by atoms with Crippen LogP contribution in [0, 0.1) is 6.92 Å². The Kier molecular flexibility index (Phi) is 4.81. The lowest BCUT2D eigenvalue weighted by Crippen LogP contribution is -2.38. The fourth-order valence-corrected chi connectivity index (χ4v) is 3.16. The summed E-state index contributed by atoms with van der Waals surface area (Å²) in [6, 6.07) is 22.4. The van der Waals surface area contributed by atoms with Crippen LogP contribution in [0.3, 0.4) is 0 Å². The van der Waals surface area contributed by atoms with Gasteiger partial charge in [-0.05, 0) is 48.9 Å². The minimum absolute atomic E-state index is 0.0185. The molecule has 0 atom stereocenters.